The van der Waals surface area contributed by atoms with Gasteiger partial charge < -0.3 is 9.80 Å². The van der Waals surface area contributed by atoms with Gasteiger partial charge in [-0.15, -0.1) is 0 Å². The Morgan fingerprint density at radius 1 is 1.16 bits per heavy atom. The Hall–Kier alpha value is -2.36. The van der Waals surface area contributed by atoms with Gasteiger partial charge in [0, 0.05) is 38.8 Å². The van der Waals surface area contributed by atoms with Crippen molar-refractivity contribution in [1.82, 2.24) is 4.90 Å². The SMILES string of the molecule is CN(C[C@@H]1CCN(c2ccccc2)C1)C(=O)CCc1ccccc1F. The van der Waals surface area contributed by atoms with E-state index in [0.29, 0.717) is 24.3 Å². The van der Waals surface area contributed by atoms with E-state index in [-0.39, 0.29) is 11.7 Å². The minimum atomic E-state index is -0.229. The van der Waals surface area contributed by atoms with Crippen LogP contribution in [0.15, 0.2) is 54.6 Å². The average Bonchev–Trinajstić information content (AvgIpc) is 3.10. The van der Waals surface area contributed by atoms with Crippen LogP contribution in [0.3, 0.4) is 0 Å². The molecule has 3 rings (SSSR count). The molecule has 1 aliphatic heterocycles. The number of benzene rings is 2. The minimum Gasteiger partial charge on any atom is -0.371 e. The molecule has 1 atom stereocenters. The van der Waals surface area contributed by atoms with E-state index >= 15 is 0 Å². The van der Waals surface area contributed by atoms with Crippen LogP contribution in [0.4, 0.5) is 10.1 Å². The summed E-state index contributed by atoms with van der Waals surface area (Å²) in [5.74, 6) is 0.344. The summed E-state index contributed by atoms with van der Waals surface area (Å²) in [6.45, 7) is 2.78. The van der Waals surface area contributed by atoms with Gasteiger partial charge in [-0.1, -0.05) is 36.4 Å². The molecule has 1 aliphatic rings. The molecule has 2 aromatic rings. The Balaban J connectivity index is 1.46. The second-order valence-corrected chi connectivity index (χ2v) is 6.80. The maximum atomic E-state index is 13.6. The van der Waals surface area contributed by atoms with Gasteiger partial charge in [0.2, 0.25) is 5.91 Å². The van der Waals surface area contributed by atoms with Crippen LogP contribution in [0.2, 0.25) is 0 Å². The Morgan fingerprint density at radius 2 is 1.88 bits per heavy atom. The van der Waals surface area contributed by atoms with Crippen molar-refractivity contribution in [2.75, 3.05) is 31.6 Å². The summed E-state index contributed by atoms with van der Waals surface area (Å²) >= 11 is 0. The van der Waals surface area contributed by atoms with Crippen LogP contribution in [0.25, 0.3) is 0 Å². The molecule has 0 spiro atoms. The van der Waals surface area contributed by atoms with Gasteiger partial charge in [0.15, 0.2) is 0 Å². The molecule has 3 nitrogen and oxygen atoms in total. The summed E-state index contributed by atoms with van der Waals surface area (Å²) in [5, 5.41) is 0. The minimum absolute atomic E-state index is 0.0846. The molecule has 1 saturated heterocycles. The largest absolute Gasteiger partial charge is 0.371 e. The van der Waals surface area contributed by atoms with Crippen molar-refractivity contribution >= 4 is 11.6 Å². The summed E-state index contributed by atoms with van der Waals surface area (Å²) in [6.07, 6.45) is 1.91. The smallest absolute Gasteiger partial charge is 0.222 e. The highest BCUT2D eigenvalue weighted by atomic mass is 19.1. The summed E-state index contributed by atoms with van der Waals surface area (Å²) < 4.78 is 13.6. The number of anilines is 1. The van der Waals surface area contributed by atoms with Crippen molar-refractivity contribution in [1.29, 1.82) is 0 Å². The standard InChI is InChI=1S/C21H25FN2O/c1-23(21(25)12-11-18-7-5-6-10-20(18)22)15-17-13-14-24(16-17)19-8-3-2-4-9-19/h2-10,17H,11-16H2,1H3/t17-/m0/s1. The quantitative estimate of drug-likeness (QED) is 0.800. The fourth-order valence-corrected chi connectivity index (χ4v) is 3.48. The number of hydrogen-bond donors (Lipinski definition) is 0. The topological polar surface area (TPSA) is 23.6 Å². The lowest BCUT2D eigenvalue weighted by Crippen LogP contribution is -2.33. The molecule has 25 heavy (non-hydrogen) atoms. The first kappa shape index (κ1) is 17.5. The first-order chi connectivity index (χ1) is 12.1. The van der Waals surface area contributed by atoms with E-state index in [4.69, 9.17) is 0 Å². The molecule has 2 aromatic carbocycles. The normalized spacial score (nSPS) is 16.9. The molecule has 132 valence electrons. The first-order valence-electron chi connectivity index (χ1n) is 8.91. The molecule has 1 fully saturated rings. The van der Waals surface area contributed by atoms with Gasteiger partial charge >= 0.3 is 0 Å². The van der Waals surface area contributed by atoms with Gasteiger partial charge in [-0.05, 0) is 42.5 Å². The maximum absolute atomic E-state index is 13.6. The van der Waals surface area contributed by atoms with Gasteiger partial charge in [0.05, 0.1) is 0 Å². The van der Waals surface area contributed by atoms with Gasteiger partial charge in [0.1, 0.15) is 5.82 Å². The predicted octanol–water partition coefficient (Wildman–Crippen LogP) is 3.74. The molecule has 0 radical (unpaired) electrons. The number of hydrogen-bond acceptors (Lipinski definition) is 2. The van der Waals surface area contributed by atoms with Crippen LogP contribution < -0.4 is 4.90 Å². The highest BCUT2D eigenvalue weighted by Crippen LogP contribution is 2.24. The van der Waals surface area contributed by atoms with Crippen LogP contribution in [-0.2, 0) is 11.2 Å². The third-order valence-corrected chi connectivity index (χ3v) is 4.93. The zero-order valence-electron chi connectivity index (χ0n) is 14.7. The Kier molecular flexibility index (Phi) is 5.69. The Labute approximate surface area is 149 Å². The van der Waals surface area contributed by atoms with Gasteiger partial charge in [-0.2, -0.15) is 0 Å². The maximum Gasteiger partial charge on any atom is 0.222 e. The highest BCUT2D eigenvalue weighted by molar-refractivity contribution is 5.76. The van der Waals surface area contributed by atoms with Crippen LogP contribution in [0.5, 0.6) is 0 Å². The number of aryl methyl sites for hydroxylation is 1. The average molecular weight is 340 g/mol. The molecule has 0 N–H and O–H groups in total. The number of rotatable bonds is 6. The van der Waals surface area contributed by atoms with E-state index in [9.17, 15) is 9.18 Å². The number of halogens is 1. The number of carbonyl (C=O) groups excluding carboxylic acids is 1. The zero-order valence-corrected chi connectivity index (χ0v) is 14.7. The van der Waals surface area contributed by atoms with Crippen LogP contribution in [0.1, 0.15) is 18.4 Å². The molecule has 1 heterocycles. The number of nitrogens with zero attached hydrogens (tertiary/aromatic N) is 2. The highest BCUT2D eigenvalue weighted by Gasteiger charge is 2.25. The van der Waals surface area contributed by atoms with E-state index in [1.807, 2.05) is 19.2 Å². The second kappa shape index (κ2) is 8.15. The second-order valence-electron chi connectivity index (χ2n) is 6.80. The fraction of sp³-hybridized carbons (Fsp3) is 0.381. The summed E-state index contributed by atoms with van der Waals surface area (Å²) in [6, 6.07) is 17.1. The molecule has 1 amide bonds. The number of para-hydroxylation sites is 1. The van der Waals surface area contributed by atoms with Gasteiger partial charge in [-0.3, -0.25) is 4.79 Å². The van der Waals surface area contributed by atoms with E-state index in [1.54, 1.807) is 17.0 Å². The molecular weight excluding hydrogens is 315 g/mol. The van der Waals surface area contributed by atoms with Crippen LogP contribution in [0, 0.1) is 11.7 Å². The summed E-state index contributed by atoms with van der Waals surface area (Å²) in [7, 11) is 1.86. The molecule has 0 aromatic heterocycles. The van der Waals surface area contributed by atoms with Crippen LogP contribution >= 0.6 is 0 Å². The number of carbonyl (C=O) groups is 1. The van der Waals surface area contributed by atoms with Crippen molar-refractivity contribution < 1.29 is 9.18 Å². The molecule has 0 bridgehead atoms. The zero-order chi connectivity index (χ0) is 17.6. The van der Waals surface area contributed by atoms with Crippen molar-refractivity contribution in [2.45, 2.75) is 19.3 Å². The van der Waals surface area contributed by atoms with Crippen molar-refractivity contribution in [3.05, 3.63) is 66.0 Å². The van der Waals surface area contributed by atoms with Crippen molar-refractivity contribution in [3.63, 3.8) is 0 Å². The lowest BCUT2D eigenvalue weighted by molar-refractivity contribution is -0.130. The molecule has 0 unspecified atom stereocenters. The molecule has 0 saturated carbocycles. The van der Waals surface area contributed by atoms with Crippen molar-refractivity contribution in [3.8, 4) is 0 Å². The van der Waals surface area contributed by atoms with E-state index < -0.39 is 0 Å². The number of amides is 1. The molecular formula is C21H25FN2O. The third-order valence-electron chi connectivity index (χ3n) is 4.93. The lowest BCUT2D eigenvalue weighted by atomic mass is 10.1. The summed E-state index contributed by atoms with van der Waals surface area (Å²) in [5.41, 5.74) is 1.86. The predicted molar refractivity (Wildman–Crippen MR) is 99.1 cm³/mol. The molecule has 4 heteroatoms. The lowest BCUT2D eigenvalue weighted by Gasteiger charge is -2.22. The van der Waals surface area contributed by atoms with Gasteiger partial charge in [0.25, 0.3) is 0 Å². The monoisotopic (exact) mass is 340 g/mol. The first-order valence-corrected chi connectivity index (χ1v) is 8.91. The van der Waals surface area contributed by atoms with E-state index in [0.717, 1.165) is 26.1 Å². The third kappa shape index (κ3) is 4.59. The Bertz CT molecular complexity index is 704. The van der Waals surface area contributed by atoms with Crippen molar-refractivity contribution in [2.24, 2.45) is 5.92 Å². The van der Waals surface area contributed by atoms with E-state index in [1.165, 1.54) is 11.8 Å². The van der Waals surface area contributed by atoms with Gasteiger partial charge in [-0.25, -0.2) is 4.39 Å². The Morgan fingerprint density at radius 3 is 2.64 bits per heavy atom. The van der Waals surface area contributed by atoms with E-state index in [2.05, 4.69) is 29.2 Å². The summed E-state index contributed by atoms with van der Waals surface area (Å²) in [4.78, 5) is 16.5. The van der Waals surface area contributed by atoms with Crippen LogP contribution in [-0.4, -0.2) is 37.5 Å². The fourth-order valence-electron chi connectivity index (χ4n) is 3.48. The molecule has 0 aliphatic carbocycles.